The highest BCUT2D eigenvalue weighted by molar-refractivity contribution is 14.1. The molecular weight excluding hydrogens is 410 g/mol. The Morgan fingerprint density at radius 3 is 2.39 bits per heavy atom. The first-order valence-electron chi connectivity index (χ1n) is 7.25. The zero-order valence-electron chi connectivity index (χ0n) is 12.2. The Bertz CT molecular complexity index is 731. The Morgan fingerprint density at radius 2 is 1.74 bits per heavy atom. The van der Waals surface area contributed by atoms with E-state index in [9.17, 15) is 14.0 Å². The number of amides is 2. The van der Waals surface area contributed by atoms with Crippen LogP contribution in [0, 0.1) is 9.39 Å². The van der Waals surface area contributed by atoms with Crippen LogP contribution in [0.3, 0.4) is 0 Å². The van der Waals surface area contributed by atoms with Crippen molar-refractivity contribution in [2.75, 3.05) is 4.90 Å². The van der Waals surface area contributed by atoms with Gasteiger partial charge in [-0.05, 0) is 59.0 Å². The summed E-state index contributed by atoms with van der Waals surface area (Å²) in [5, 5.41) is 1.83. The molecule has 118 valence electrons. The number of hydrogen-bond donors (Lipinski definition) is 1. The molecule has 4 nitrogen and oxygen atoms in total. The van der Waals surface area contributed by atoms with E-state index in [2.05, 4.69) is 22.6 Å². The van der Waals surface area contributed by atoms with E-state index in [1.165, 1.54) is 17.0 Å². The molecule has 3 rings (SSSR count). The van der Waals surface area contributed by atoms with Crippen molar-refractivity contribution in [1.82, 2.24) is 0 Å². The quantitative estimate of drug-likeness (QED) is 0.601. The number of anilines is 1. The zero-order valence-corrected chi connectivity index (χ0v) is 14.4. The minimum absolute atomic E-state index is 0.184. The highest BCUT2D eigenvalue weighted by Crippen LogP contribution is 2.22. The number of carbonyl (C=O) groups excluding carboxylic acids is 2. The maximum absolute atomic E-state index is 12.9. The van der Waals surface area contributed by atoms with Gasteiger partial charge in [-0.1, -0.05) is 12.1 Å². The molecule has 1 atom stereocenters. The summed E-state index contributed by atoms with van der Waals surface area (Å²) in [5.74, 6) is -0.666. The van der Waals surface area contributed by atoms with Crippen LogP contribution in [0.1, 0.15) is 12.0 Å². The van der Waals surface area contributed by atoms with Crippen molar-refractivity contribution in [3.05, 3.63) is 63.5 Å². The summed E-state index contributed by atoms with van der Waals surface area (Å²) in [4.78, 5) is 25.9. The molecule has 2 N–H and O–H groups in total. The summed E-state index contributed by atoms with van der Waals surface area (Å²) >= 11 is 2.18. The van der Waals surface area contributed by atoms with Gasteiger partial charge >= 0.3 is 0 Å². The van der Waals surface area contributed by atoms with Crippen LogP contribution in [0.4, 0.5) is 10.1 Å². The van der Waals surface area contributed by atoms with Gasteiger partial charge < -0.3 is 5.32 Å². The largest absolute Gasteiger partial charge is 0.332 e. The second kappa shape index (κ2) is 6.76. The summed E-state index contributed by atoms with van der Waals surface area (Å²) in [5.41, 5.74) is 1.53. The van der Waals surface area contributed by atoms with Crippen LogP contribution in [-0.4, -0.2) is 17.9 Å². The number of halogens is 2. The van der Waals surface area contributed by atoms with Crippen LogP contribution in [-0.2, 0) is 16.1 Å². The van der Waals surface area contributed by atoms with Crippen molar-refractivity contribution in [3.8, 4) is 0 Å². The molecular formula is C17H15FIN2O2+. The minimum atomic E-state index is -0.424. The van der Waals surface area contributed by atoms with Crippen molar-refractivity contribution in [2.24, 2.45) is 0 Å². The third-order valence-corrected chi connectivity index (χ3v) is 4.54. The third kappa shape index (κ3) is 3.59. The van der Waals surface area contributed by atoms with E-state index in [4.69, 9.17) is 0 Å². The smallest absolute Gasteiger partial charge is 0.292 e. The molecule has 1 fully saturated rings. The first-order chi connectivity index (χ1) is 11.0. The molecule has 0 bridgehead atoms. The van der Waals surface area contributed by atoms with Crippen LogP contribution >= 0.6 is 22.6 Å². The zero-order chi connectivity index (χ0) is 16.4. The molecule has 0 aliphatic carbocycles. The number of quaternary nitrogens is 1. The second-order valence-electron chi connectivity index (χ2n) is 5.42. The van der Waals surface area contributed by atoms with Crippen molar-refractivity contribution in [1.29, 1.82) is 0 Å². The number of nitrogens with zero attached hydrogens (tertiary/aromatic N) is 1. The van der Waals surface area contributed by atoms with Gasteiger partial charge in [0.1, 0.15) is 12.4 Å². The van der Waals surface area contributed by atoms with Gasteiger partial charge in [-0.25, -0.2) is 9.29 Å². The van der Waals surface area contributed by atoms with E-state index in [-0.39, 0.29) is 24.1 Å². The van der Waals surface area contributed by atoms with Gasteiger partial charge in [-0.15, -0.1) is 0 Å². The number of hydrogen-bond acceptors (Lipinski definition) is 2. The summed E-state index contributed by atoms with van der Waals surface area (Å²) in [6, 6.07) is 13.0. The monoisotopic (exact) mass is 425 g/mol. The Morgan fingerprint density at radius 1 is 1.09 bits per heavy atom. The fraction of sp³-hybridized carbons (Fsp3) is 0.176. The fourth-order valence-electron chi connectivity index (χ4n) is 2.60. The molecule has 1 heterocycles. The number of carbonyl (C=O) groups is 2. The number of rotatable bonds is 4. The lowest BCUT2D eigenvalue weighted by Crippen LogP contribution is -2.90. The van der Waals surface area contributed by atoms with Gasteiger partial charge in [0, 0.05) is 9.13 Å². The highest BCUT2D eigenvalue weighted by atomic mass is 127. The summed E-state index contributed by atoms with van der Waals surface area (Å²) in [7, 11) is 0. The van der Waals surface area contributed by atoms with Crippen LogP contribution in [0.25, 0.3) is 0 Å². The molecule has 0 radical (unpaired) electrons. The second-order valence-corrected chi connectivity index (χ2v) is 6.67. The molecule has 6 heteroatoms. The van der Waals surface area contributed by atoms with E-state index in [1.807, 2.05) is 17.4 Å². The van der Waals surface area contributed by atoms with E-state index >= 15 is 0 Å². The third-order valence-electron chi connectivity index (χ3n) is 3.82. The predicted molar refractivity (Wildman–Crippen MR) is 92.1 cm³/mol. The van der Waals surface area contributed by atoms with Crippen LogP contribution < -0.4 is 10.2 Å². The molecule has 2 amide bonds. The maximum atomic E-state index is 12.9. The highest BCUT2D eigenvalue weighted by Gasteiger charge is 2.42. The minimum Gasteiger partial charge on any atom is -0.332 e. The Balaban J connectivity index is 1.68. The molecule has 0 spiro atoms. The molecule has 0 aromatic heterocycles. The Kier molecular flexibility index (Phi) is 4.72. The number of benzene rings is 2. The summed E-state index contributed by atoms with van der Waals surface area (Å²) in [6.45, 7) is 0.532. The van der Waals surface area contributed by atoms with Gasteiger partial charge in [-0.3, -0.25) is 9.59 Å². The first kappa shape index (κ1) is 16.1. The average molecular weight is 425 g/mol. The normalized spacial score (nSPS) is 17.8. The molecule has 23 heavy (non-hydrogen) atoms. The molecule has 1 aliphatic heterocycles. The standard InChI is InChI=1S/C17H14FIN2O2/c18-12-3-1-11(2-4-12)10-20-15-9-16(22)21(17(15)23)14-7-5-13(19)6-8-14/h1-8,15,20H,9-10H2/p+1/t15-/m1/s1. The SMILES string of the molecule is O=C1C[C@@H]([NH2+]Cc2ccc(F)cc2)C(=O)N1c1ccc(I)cc1. The summed E-state index contributed by atoms with van der Waals surface area (Å²) < 4.78 is 13.9. The van der Waals surface area contributed by atoms with Crippen molar-refractivity contribution >= 4 is 40.1 Å². The number of nitrogens with two attached hydrogens (primary N) is 1. The first-order valence-corrected chi connectivity index (χ1v) is 8.32. The van der Waals surface area contributed by atoms with Gasteiger partial charge in [0.25, 0.3) is 5.91 Å². The molecule has 2 aromatic carbocycles. The molecule has 1 aliphatic rings. The maximum Gasteiger partial charge on any atom is 0.292 e. The van der Waals surface area contributed by atoms with E-state index in [0.717, 1.165) is 9.13 Å². The van der Waals surface area contributed by atoms with Gasteiger partial charge in [0.05, 0.1) is 12.1 Å². The van der Waals surface area contributed by atoms with E-state index in [0.29, 0.717) is 12.2 Å². The molecule has 0 saturated carbocycles. The van der Waals surface area contributed by atoms with Crippen molar-refractivity contribution in [2.45, 2.75) is 19.0 Å². The van der Waals surface area contributed by atoms with Crippen LogP contribution in [0.15, 0.2) is 48.5 Å². The Hall–Kier alpha value is -1.80. The van der Waals surface area contributed by atoms with Crippen molar-refractivity contribution in [3.63, 3.8) is 0 Å². The lowest BCUT2D eigenvalue weighted by Gasteiger charge is -2.14. The lowest BCUT2D eigenvalue weighted by molar-refractivity contribution is -0.690. The Labute approximate surface area is 146 Å². The van der Waals surface area contributed by atoms with E-state index in [1.54, 1.807) is 24.3 Å². The summed E-state index contributed by atoms with van der Waals surface area (Å²) in [6.07, 6.45) is 0.187. The lowest BCUT2D eigenvalue weighted by atomic mass is 10.2. The van der Waals surface area contributed by atoms with Crippen LogP contribution in [0.5, 0.6) is 0 Å². The number of imide groups is 1. The van der Waals surface area contributed by atoms with Gasteiger partial charge in [0.2, 0.25) is 5.91 Å². The topological polar surface area (TPSA) is 54.0 Å². The predicted octanol–water partition coefficient (Wildman–Crippen LogP) is 1.83. The van der Waals surface area contributed by atoms with E-state index < -0.39 is 6.04 Å². The van der Waals surface area contributed by atoms with Crippen LogP contribution in [0.2, 0.25) is 0 Å². The fourth-order valence-corrected chi connectivity index (χ4v) is 2.96. The molecule has 0 unspecified atom stereocenters. The molecule has 2 aromatic rings. The van der Waals surface area contributed by atoms with Gasteiger partial charge in [-0.2, -0.15) is 0 Å². The molecule has 1 saturated heterocycles. The average Bonchev–Trinajstić information content (AvgIpc) is 2.82. The van der Waals surface area contributed by atoms with Crippen molar-refractivity contribution < 1.29 is 19.3 Å². The van der Waals surface area contributed by atoms with Gasteiger partial charge in [0.15, 0.2) is 6.04 Å².